The van der Waals surface area contributed by atoms with Gasteiger partial charge in [0.2, 0.25) is 10.0 Å². The lowest BCUT2D eigenvalue weighted by Crippen LogP contribution is -2.27. The second-order valence-corrected chi connectivity index (χ2v) is 9.25. The Morgan fingerprint density at radius 2 is 1.71 bits per heavy atom. The van der Waals surface area contributed by atoms with Crippen LogP contribution in [0.1, 0.15) is 22.8 Å². The predicted molar refractivity (Wildman–Crippen MR) is 122 cm³/mol. The fraction of sp³-hybridized carbons (Fsp3) is 0.174. The minimum atomic E-state index is -3.82. The van der Waals surface area contributed by atoms with Crippen LogP contribution in [-0.2, 0) is 16.6 Å². The lowest BCUT2D eigenvalue weighted by molar-refractivity contribution is 0.102. The predicted octanol–water partition coefficient (Wildman–Crippen LogP) is 4.81. The molecule has 0 saturated carbocycles. The van der Waals surface area contributed by atoms with E-state index in [9.17, 15) is 13.2 Å². The highest BCUT2D eigenvalue weighted by Gasteiger charge is 2.23. The highest BCUT2D eigenvalue weighted by atomic mass is 35.5. The van der Waals surface area contributed by atoms with E-state index in [1.807, 2.05) is 37.3 Å². The molecule has 0 aliphatic rings. The molecular formula is C23H23ClN2O4S. The molecule has 0 fully saturated rings. The van der Waals surface area contributed by atoms with Crippen molar-refractivity contribution in [2.24, 2.45) is 0 Å². The van der Waals surface area contributed by atoms with E-state index in [0.717, 1.165) is 5.56 Å². The summed E-state index contributed by atoms with van der Waals surface area (Å²) in [4.78, 5) is 12.7. The number of anilines is 1. The molecule has 0 atom stereocenters. The summed E-state index contributed by atoms with van der Waals surface area (Å²) in [5.74, 6) is 0.185. The van der Waals surface area contributed by atoms with Gasteiger partial charge in [-0.1, -0.05) is 41.9 Å². The Balaban J connectivity index is 1.80. The van der Waals surface area contributed by atoms with Crippen LogP contribution in [0.25, 0.3) is 0 Å². The standard InChI is InChI=1S/C23H23ClN2O4S/c1-3-30-19-11-9-18(10-12-19)25-23(27)21-15-20(13-14-22(21)24)31(28,29)26(2)16-17-7-5-4-6-8-17/h4-15H,3,16H2,1-2H3,(H,25,27). The average molecular weight is 459 g/mol. The van der Waals surface area contributed by atoms with Gasteiger partial charge in [0.25, 0.3) is 5.91 Å². The van der Waals surface area contributed by atoms with E-state index in [1.165, 1.54) is 29.6 Å². The molecule has 0 heterocycles. The number of amides is 1. The van der Waals surface area contributed by atoms with Crippen molar-refractivity contribution in [3.63, 3.8) is 0 Å². The third-order valence-corrected chi connectivity index (χ3v) is 6.69. The lowest BCUT2D eigenvalue weighted by Gasteiger charge is -2.18. The van der Waals surface area contributed by atoms with E-state index < -0.39 is 15.9 Å². The van der Waals surface area contributed by atoms with E-state index in [1.54, 1.807) is 24.3 Å². The van der Waals surface area contributed by atoms with Gasteiger partial charge in [-0.05, 0) is 55.0 Å². The molecule has 0 aliphatic carbocycles. The van der Waals surface area contributed by atoms with Crippen LogP contribution < -0.4 is 10.1 Å². The van der Waals surface area contributed by atoms with Crippen LogP contribution in [0.4, 0.5) is 5.69 Å². The number of carbonyl (C=O) groups is 1. The summed E-state index contributed by atoms with van der Waals surface area (Å²) >= 11 is 6.19. The number of nitrogens with zero attached hydrogens (tertiary/aromatic N) is 1. The second-order valence-electron chi connectivity index (χ2n) is 6.80. The van der Waals surface area contributed by atoms with Gasteiger partial charge in [0.1, 0.15) is 5.75 Å². The Kier molecular flexibility index (Phi) is 7.33. The highest BCUT2D eigenvalue weighted by Crippen LogP contribution is 2.25. The third kappa shape index (κ3) is 5.64. The van der Waals surface area contributed by atoms with Gasteiger partial charge in [-0.3, -0.25) is 4.79 Å². The molecule has 0 radical (unpaired) electrons. The van der Waals surface area contributed by atoms with Gasteiger partial charge in [0, 0.05) is 19.3 Å². The number of ether oxygens (including phenoxy) is 1. The first-order chi connectivity index (χ1) is 14.8. The van der Waals surface area contributed by atoms with Crippen LogP contribution in [0.2, 0.25) is 5.02 Å². The van der Waals surface area contributed by atoms with Crippen molar-refractivity contribution in [3.05, 3.63) is 88.9 Å². The molecule has 3 rings (SSSR count). The SMILES string of the molecule is CCOc1ccc(NC(=O)c2cc(S(=O)(=O)N(C)Cc3ccccc3)ccc2Cl)cc1. The van der Waals surface area contributed by atoms with Crippen LogP contribution in [0.5, 0.6) is 5.75 Å². The number of benzene rings is 3. The molecule has 0 aromatic heterocycles. The molecule has 31 heavy (non-hydrogen) atoms. The Morgan fingerprint density at radius 3 is 2.35 bits per heavy atom. The molecular weight excluding hydrogens is 436 g/mol. The Morgan fingerprint density at radius 1 is 1.03 bits per heavy atom. The van der Waals surface area contributed by atoms with Crippen molar-refractivity contribution in [1.29, 1.82) is 0 Å². The summed E-state index contributed by atoms with van der Waals surface area (Å²) in [5, 5.41) is 2.89. The molecule has 6 nitrogen and oxygen atoms in total. The van der Waals surface area contributed by atoms with Gasteiger partial charge >= 0.3 is 0 Å². The Labute approximate surface area is 187 Å². The number of hydrogen-bond acceptors (Lipinski definition) is 4. The molecule has 162 valence electrons. The molecule has 8 heteroatoms. The number of carbonyl (C=O) groups excluding carboxylic acids is 1. The lowest BCUT2D eigenvalue weighted by atomic mass is 10.2. The summed E-state index contributed by atoms with van der Waals surface area (Å²) in [7, 11) is -2.32. The minimum Gasteiger partial charge on any atom is -0.494 e. The largest absolute Gasteiger partial charge is 0.494 e. The molecule has 3 aromatic carbocycles. The molecule has 1 amide bonds. The van der Waals surface area contributed by atoms with Gasteiger partial charge in [0.15, 0.2) is 0 Å². The first kappa shape index (κ1) is 22.8. The monoisotopic (exact) mass is 458 g/mol. The average Bonchev–Trinajstić information content (AvgIpc) is 2.76. The first-order valence-electron chi connectivity index (χ1n) is 9.65. The summed E-state index contributed by atoms with van der Waals surface area (Å²) in [5.41, 5.74) is 1.47. The van der Waals surface area contributed by atoms with Crippen LogP contribution in [-0.4, -0.2) is 32.3 Å². The van der Waals surface area contributed by atoms with E-state index in [4.69, 9.17) is 16.3 Å². The van der Waals surface area contributed by atoms with Crippen molar-refractivity contribution in [3.8, 4) is 5.75 Å². The number of nitrogens with one attached hydrogen (secondary N) is 1. The van der Waals surface area contributed by atoms with Gasteiger partial charge < -0.3 is 10.1 Å². The maximum atomic E-state index is 13.0. The molecule has 0 spiro atoms. The zero-order chi connectivity index (χ0) is 22.4. The van der Waals surface area contributed by atoms with Gasteiger partial charge in [-0.25, -0.2) is 8.42 Å². The summed E-state index contributed by atoms with van der Waals surface area (Å²) in [6.07, 6.45) is 0. The number of hydrogen-bond donors (Lipinski definition) is 1. The summed E-state index contributed by atoms with van der Waals surface area (Å²) in [6.45, 7) is 2.64. The van der Waals surface area contributed by atoms with Crippen molar-refractivity contribution < 1.29 is 17.9 Å². The maximum Gasteiger partial charge on any atom is 0.257 e. The molecule has 0 unspecified atom stereocenters. The van der Waals surface area contributed by atoms with E-state index in [0.29, 0.717) is 18.0 Å². The molecule has 0 bridgehead atoms. The van der Waals surface area contributed by atoms with Gasteiger partial charge in [0.05, 0.1) is 22.1 Å². The normalized spacial score (nSPS) is 11.4. The first-order valence-corrected chi connectivity index (χ1v) is 11.5. The fourth-order valence-electron chi connectivity index (χ4n) is 2.94. The van der Waals surface area contributed by atoms with Crippen molar-refractivity contribution >= 4 is 33.2 Å². The summed E-state index contributed by atoms with van der Waals surface area (Å²) in [6, 6.07) is 20.2. The third-order valence-electron chi connectivity index (χ3n) is 4.56. The minimum absolute atomic E-state index is 0.00725. The molecule has 1 N–H and O–H groups in total. The highest BCUT2D eigenvalue weighted by molar-refractivity contribution is 7.89. The van der Waals surface area contributed by atoms with Crippen LogP contribution >= 0.6 is 11.6 Å². The maximum absolute atomic E-state index is 13.0. The smallest absolute Gasteiger partial charge is 0.257 e. The van der Waals surface area contributed by atoms with Crippen molar-refractivity contribution in [2.45, 2.75) is 18.4 Å². The van der Waals surface area contributed by atoms with Crippen LogP contribution in [0.15, 0.2) is 77.7 Å². The number of sulfonamides is 1. The van der Waals surface area contributed by atoms with E-state index in [2.05, 4.69) is 5.32 Å². The fourth-order valence-corrected chi connectivity index (χ4v) is 4.33. The van der Waals surface area contributed by atoms with Gasteiger partial charge in [-0.2, -0.15) is 4.31 Å². The summed E-state index contributed by atoms with van der Waals surface area (Å²) < 4.78 is 32.7. The van der Waals surface area contributed by atoms with Gasteiger partial charge in [-0.15, -0.1) is 0 Å². The van der Waals surface area contributed by atoms with E-state index in [-0.39, 0.29) is 22.0 Å². The Bertz CT molecular complexity index is 1150. The van der Waals surface area contributed by atoms with Crippen LogP contribution in [0.3, 0.4) is 0 Å². The quantitative estimate of drug-likeness (QED) is 0.525. The number of halogens is 1. The number of rotatable bonds is 8. The molecule has 0 aliphatic heterocycles. The zero-order valence-electron chi connectivity index (χ0n) is 17.2. The molecule has 3 aromatic rings. The Hall–Kier alpha value is -2.87. The zero-order valence-corrected chi connectivity index (χ0v) is 18.8. The van der Waals surface area contributed by atoms with Crippen molar-refractivity contribution in [1.82, 2.24) is 4.31 Å². The van der Waals surface area contributed by atoms with Crippen LogP contribution in [0, 0.1) is 0 Å². The van der Waals surface area contributed by atoms with E-state index >= 15 is 0 Å². The topological polar surface area (TPSA) is 75.7 Å². The molecule has 0 saturated heterocycles. The van der Waals surface area contributed by atoms with Crippen molar-refractivity contribution in [2.75, 3.05) is 19.0 Å². The second kappa shape index (κ2) is 9.96.